The lowest BCUT2D eigenvalue weighted by atomic mass is 9.49. The van der Waals surface area contributed by atoms with E-state index >= 15 is 0 Å². The van der Waals surface area contributed by atoms with E-state index in [1.54, 1.807) is 6.20 Å². The fraction of sp³-hybridized carbons (Fsp3) is 0.684. The summed E-state index contributed by atoms with van der Waals surface area (Å²) in [7, 11) is 0. The normalized spacial score (nSPS) is 36.4. The maximum absolute atomic E-state index is 13.1. The highest BCUT2D eigenvalue weighted by molar-refractivity contribution is 5.84. The maximum Gasteiger partial charge on any atom is 0.226 e. The van der Waals surface area contributed by atoms with Crippen LogP contribution in [-0.4, -0.2) is 10.9 Å². The Bertz CT molecular complexity index is 543. The summed E-state index contributed by atoms with van der Waals surface area (Å²) in [5.41, 5.74) is 0.454. The molecule has 0 atom stereocenters. The molecule has 4 aliphatic rings. The molecule has 1 heterocycles. The smallest absolute Gasteiger partial charge is 0.226 e. The van der Waals surface area contributed by atoms with Gasteiger partial charge >= 0.3 is 0 Å². The molecule has 3 heteroatoms. The summed E-state index contributed by atoms with van der Waals surface area (Å²) in [4.78, 5) is 17.6. The second kappa shape index (κ2) is 4.81. The standard InChI is InChI=1S/C19H26N2O/c1-18(2,16-5-3-4-6-20-16)21-17(22)19-10-13-7-14(11-19)9-15(8-13)12-19/h3-6,13-15H,7-12H2,1-2H3,(H,21,22). The van der Waals surface area contributed by atoms with Crippen molar-refractivity contribution >= 4 is 5.91 Å². The van der Waals surface area contributed by atoms with Gasteiger partial charge < -0.3 is 5.32 Å². The molecular formula is C19H26N2O. The molecule has 1 aromatic heterocycles. The number of hydrogen-bond acceptors (Lipinski definition) is 2. The Balaban J connectivity index is 1.55. The minimum absolute atomic E-state index is 0.0825. The molecule has 4 bridgehead atoms. The Hall–Kier alpha value is -1.38. The van der Waals surface area contributed by atoms with Gasteiger partial charge in [-0.05, 0) is 82.3 Å². The van der Waals surface area contributed by atoms with E-state index in [0.29, 0.717) is 0 Å². The number of carbonyl (C=O) groups excluding carboxylic acids is 1. The number of nitrogens with one attached hydrogen (secondary N) is 1. The number of carbonyl (C=O) groups is 1. The molecular weight excluding hydrogens is 272 g/mol. The van der Waals surface area contributed by atoms with E-state index < -0.39 is 5.54 Å². The molecule has 0 spiro atoms. The number of hydrogen-bond donors (Lipinski definition) is 1. The lowest BCUT2D eigenvalue weighted by Gasteiger charge is -2.56. The predicted molar refractivity (Wildman–Crippen MR) is 86.0 cm³/mol. The Labute approximate surface area is 132 Å². The van der Waals surface area contributed by atoms with Gasteiger partial charge in [-0.15, -0.1) is 0 Å². The van der Waals surface area contributed by atoms with Gasteiger partial charge in [-0.2, -0.15) is 0 Å². The van der Waals surface area contributed by atoms with Gasteiger partial charge in [0.05, 0.1) is 11.2 Å². The van der Waals surface area contributed by atoms with Crippen LogP contribution in [-0.2, 0) is 10.3 Å². The van der Waals surface area contributed by atoms with Crippen LogP contribution in [0.25, 0.3) is 0 Å². The number of nitrogens with zero attached hydrogens (tertiary/aromatic N) is 1. The first-order valence-electron chi connectivity index (χ1n) is 8.71. The molecule has 1 N–H and O–H groups in total. The van der Waals surface area contributed by atoms with E-state index in [4.69, 9.17) is 0 Å². The van der Waals surface area contributed by atoms with Crippen molar-refractivity contribution in [2.24, 2.45) is 23.2 Å². The van der Waals surface area contributed by atoms with E-state index in [2.05, 4.69) is 24.1 Å². The molecule has 0 unspecified atom stereocenters. The molecule has 0 aromatic carbocycles. The van der Waals surface area contributed by atoms with Crippen LogP contribution in [0.5, 0.6) is 0 Å². The van der Waals surface area contributed by atoms with Crippen molar-refractivity contribution in [3.8, 4) is 0 Å². The van der Waals surface area contributed by atoms with Gasteiger partial charge in [-0.25, -0.2) is 0 Å². The zero-order valence-electron chi connectivity index (χ0n) is 13.6. The molecule has 4 saturated carbocycles. The van der Waals surface area contributed by atoms with Gasteiger partial charge in [0, 0.05) is 11.6 Å². The van der Waals surface area contributed by atoms with Crippen LogP contribution in [0.2, 0.25) is 0 Å². The van der Waals surface area contributed by atoms with Crippen molar-refractivity contribution in [2.75, 3.05) is 0 Å². The Morgan fingerprint density at radius 1 is 1.14 bits per heavy atom. The van der Waals surface area contributed by atoms with Gasteiger partial charge in [0.2, 0.25) is 5.91 Å². The molecule has 5 rings (SSSR count). The van der Waals surface area contributed by atoms with E-state index in [9.17, 15) is 4.79 Å². The van der Waals surface area contributed by atoms with Gasteiger partial charge in [0.25, 0.3) is 0 Å². The van der Waals surface area contributed by atoms with E-state index in [0.717, 1.165) is 42.7 Å². The molecule has 1 aromatic rings. The van der Waals surface area contributed by atoms with Gasteiger partial charge in [-0.3, -0.25) is 9.78 Å². The fourth-order valence-electron chi connectivity index (χ4n) is 5.60. The van der Waals surface area contributed by atoms with E-state index in [-0.39, 0.29) is 11.3 Å². The van der Waals surface area contributed by atoms with Crippen LogP contribution >= 0.6 is 0 Å². The SMILES string of the molecule is CC(C)(NC(=O)C12CC3CC(CC(C3)C1)C2)c1ccccn1. The molecule has 3 nitrogen and oxygen atoms in total. The summed E-state index contributed by atoms with van der Waals surface area (Å²) in [6.07, 6.45) is 9.26. The number of rotatable bonds is 3. The Morgan fingerprint density at radius 3 is 2.23 bits per heavy atom. The fourth-order valence-corrected chi connectivity index (χ4v) is 5.60. The van der Waals surface area contributed by atoms with Crippen LogP contribution in [0.3, 0.4) is 0 Å². The second-order valence-electron chi connectivity index (χ2n) is 8.49. The molecule has 118 valence electrons. The second-order valence-corrected chi connectivity index (χ2v) is 8.49. The lowest BCUT2D eigenvalue weighted by molar-refractivity contribution is -0.148. The molecule has 0 radical (unpaired) electrons. The van der Waals surface area contributed by atoms with Crippen molar-refractivity contribution in [3.05, 3.63) is 30.1 Å². The summed E-state index contributed by atoms with van der Waals surface area (Å²) >= 11 is 0. The minimum atomic E-state index is -0.401. The van der Waals surface area contributed by atoms with Crippen molar-refractivity contribution in [1.29, 1.82) is 0 Å². The first-order valence-corrected chi connectivity index (χ1v) is 8.71. The highest BCUT2D eigenvalue weighted by atomic mass is 16.2. The number of aromatic nitrogens is 1. The van der Waals surface area contributed by atoms with Crippen molar-refractivity contribution < 1.29 is 4.79 Å². The quantitative estimate of drug-likeness (QED) is 0.925. The van der Waals surface area contributed by atoms with Crippen LogP contribution in [0.15, 0.2) is 24.4 Å². The number of amides is 1. The van der Waals surface area contributed by atoms with Gasteiger partial charge in [0.15, 0.2) is 0 Å². The van der Waals surface area contributed by atoms with Crippen LogP contribution in [0.1, 0.15) is 58.1 Å². The molecule has 4 fully saturated rings. The average molecular weight is 298 g/mol. The largest absolute Gasteiger partial charge is 0.345 e. The zero-order chi connectivity index (χ0) is 15.4. The summed E-state index contributed by atoms with van der Waals surface area (Å²) < 4.78 is 0. The molecule has 22 heavy (non-hydrogen) atoms. The third-order valence-corrected chi connectivity index (χ3v) is 6.25. The summed E-state index contributed by atoms with van der Waals surface area (Å²) in [6, 6.07) is 5.90. The van der Waals surface area contributed by atoms with Crippen LogP contribution < -0.4 is 5.32 Å². The third-order valence-electron chi connectivity index (χ3n) is 6.25. The van der Waals surface area contributed by atoms with Crippen molar-refractivity contribution in [1.82, 2.24) is 10.3 Å². The van der Waals surface area contributed by atoms with Crippen LogP contribution in [0, 0.1) is 23.2 Å². The maximum atomic E-state index is 13.1. The molecule has 0 aliphatic heterocycles. The van der Waals surface area contributed by atoms with Gasteiger partial charge in [-0.1, -0.05) is 6.07 Å². The van der Waals surface area contributed by atoms with Crippen LogP contribution in [0.4, 0.5) is 0 Å². The molecule has 4 aliphatic carbocycles. The zero-order valence-corrected chi connectivity index (χ0v) is 13.6. The van der Waals surface area contributed by atoms with Crippen molar-refractivity contribution in [3.63, 3.8) is 0 Å². The predicted octanol–water partition coefficient (Wildman–Crippen LogP) is 3.65. The topological polar surface area (TPSA) is 42.0 Å². The first kappa shape index (κ1) is 14.2. The molecule has 1 amide bonds. The lowest BCUT2D eigenvalue weighted by Crippen LogP contribution is -2.56. The highest BCUT2D eigenvalue weighted by Crippen LogP contribution is 2.60. The number of pyridine rings is 1. The molecule has 0 saturated heterocycles. The highest BCUT2D eigenvalue weighted by Gasteiger charge is 2.55. The summed E-state index contributed by atoms with van der Waals surface area (Å²) in [5.74, 6) is 2.68. The summed E-state index contributed by atoms with van der Waals surface area (Å²) in [5, 5.41) is 3.33. The van der Waals surface area contributed by atoms with E-state index in [1.165, 1.54) is 19.3 Å². The average Bonchev–Trinajstić information content (AvgIpc) is 2.46. The first-order chi connectivity index (χ1) is 10.5. The van der Waals surface area contributed by atoms with Gasteiger partial charge in [0.1, 0.15) is 0 Å². The minimum Gasteiger partial charge on any atom is -0.345 e. The summed E-state index contributed by atoms with van der Waals surface area (Å²) in [6.45, 7) is 4.13. The van der Waals surface area contributed by atoms with E-state index in [1.807, 2.05) is 18.2 Å². The third kappa shape index (κ3) is 2.26. The Morgan fingerprint density at radius 2 is 1.73 bits per heavy atom. The Kier molecular flexibility index (Phi) is 3.11. The van der Waals surface area contributed by atoms with Crippen molar-refractivity contribution in [2.45, 2.75) is 57.9 Å². The monoisotopic (exact) mass is 298 g/mol.